The van der Waals surface area contributed by atoms with Gasteiger partial charge in [0.05, 0.1) is 0 Å². The van der Waals surface area contributed by atoms with Gasteiger partial charge in [-0.2, -0.15) is 0 Å². The molecule has 0 aromatic heterocycles. The van der Waals surface area contributed by atoms with E-state index in [4.69, 9.17) is 0 Å². The van der Waals surface area contributed by atoms with E-state index in [-0.39, 0.29) is 0 Å². The van der Waals surface area contributed by atoms with E-state index in [0.717, 1.165) is 6.54 Å². The minimum absolute atomic E-state index is 0.619. The number of para-hydroxylation sites is 1. The van der Waals surface area contributed by atoms with Gasteiger partial charge in [-0.1, -0.05) is 31.5 Å². The molecule has 1 unspecified atom stereocenters. The van der Waals surface area contributed by atoms with Gasteiger partial charge >= 0.3 is 0 Å². The summed E-state index contributed by atoms with van der Waals surface area (Å²) in [6.07, 6.45) is 5.03. The maximum atomic E-state index is 3.30. The molecule has 0 saturated heterocycles. The van der Waals surface area contributed by atoms with Gasteiger partial charge in [-0.05, 0) is 45.4 Å². The van der Waals surface area contributed by atoms with Crippen LogP contribution in [0.3, 0.4) is 0 Å². The van der Waals surface area contributed by atoms with Crippen LogP contribution in [-0.2, 0) is 0 Å². The van der Waals surface area contributed by atoms with Crippen LogP contribution in [0.4, 0.5) is 5.69 Å². The maximum Gasteiger partial charge on any atom is 0.0366 e. The highest BCUT2D eigenvalue weighted by atomic mass is 15.1. The Hall–Kier alpha value is -1.02. The fourth-order valence-corrected chi connectivity index (χ4v) is 2.09. The summed E-state index contributed by atoms with van der Waals surface area (Å²) in [5.74, 6) is 0. The predicted octanol–water partition coefficient (Wildman–Crippen LogP) is 3.68. The van der Waals surface area contributed by atoms with Crippen molar-refractivity contribution in [1.82, 2.24) is 5.32 Å². The molecular weight excluding hydrogens is 220 g/mol. The summed E-state index contributed by atoms with van der Waals surface area (Å²) in [7, 11) is 2.04. The summed E-state index contributed by atoms with van der Waals surface area (Å²) in [5, 5.41) is 3.30. The third-order valence-corrected chi connectivity index (χ3v) is 3.46. The van der Waals surface area contributed by atoms with Crippen LogP contribution >= 0.6 is 0 Å². The van der Waals surface area contributed by atoms with E-state index >= 15 is 0 Å². The molecule has 2 nitrogen and oxygen atoms in total. The molecule has 1 aromatic carbocycles. The second kappa shape index (κ2) is 8.98. The maximum absolute atomic E-state index is 3.30. The van der Waals surface area contributed by atoms with Crippen molar-refractivity contribution in [3.8, 4) is 0 Å². The Labute approximate surface area is 112 Å². The molecule has 0 bridgehead atoms. The number of unbranched alkanes of at least 4 members (excludes halogenated alkanes) is 1. The molecule has 0 aliphatic carbocycles. The van der Waals surface area contributed by atoms with Crippen LogP contribution in [0.5, 0.6) is 0 Å². The van der Waals surface area contributed by atoms with Crippen molar-refractivity contribution in [3.63, 3.8) is 0 Å². The first-order valence-electron chi connectivity index (χ1n) is 7.25. The fraction of sp³-hybridized carbons (Fsp3) is 0.625. The van der Waals surface area contributed by atoms with Crippen LogP contribution in [0.25, 0.3) is 0 Å². The molecule has 0 aliphatic heterocycles. The molecule has 0 saturated carbocycles. The molecule has 102 valence electrons. The SMILES string of the molecule is CCCCN(CCCC(C)NC)c1ccccc1. The lowest BCUT2D eigenvalue weighted by molar-refractivity contribution is 0.535. The smallest absolute Gasteiger partial charge is 0.0366 e. The van der Waals surface area contributed by atoms with Crippen molar-refractivity contribution in [2.45, 2.75) is 45.6 Å². The van der Waals surface area contributed by atoms with Gasteiger partial charge in [0, 0.05) is 24.8 Å². The Morgan fingerprint density at radius 3 is 2.39 bits per heavy atom. The van der Waals surface area contributed by atoms with Gasteiger partial charge in [0.25, 0.3) is 0 Å². The highest BCUT2D eigenvalue weighted by Gasteiger charge is 2.06. The number of nitrogens with one attached hydrogen (secondary N) is 1. The van der Waals surface area contributed by atoms with Crippen LogP contribution in [0.2, 0.25) is 0 Å². The fourth-order valence-electron chi connectivity index (χ4n) is 2.09. The van der Waals surface area contributed by atoms with Gasteiger partial charge in [-0.25, -0.2) is 0 Å². The quantitative estimate of drug-likeness (QED) is 0.717. The van der Waals surface area contributed by atoms with Crippen LogP contribution in [-0.4, -0.2) is 26.2 Å². The average Bonchev–Trinajstić information content (AvgIpc) is 2.43. The molecule has 1 N–H and O–H groups in total. The molecule has 0 radical (unpaired) electrons. The zero-order valence-electron chi connectivity index (χ0n) is 12.2. The van der Waals surface area contributed by atoms with E-state index < -0.39 is 0 Å². The van der Waals surface area contributed by atoms with Crippen LogP contribution < -0.4 is 10.2 Å². The number of nitrogens with zero attached hydrogens (tertiary/aromatic N) is 1. The predicted molar refractivity (Wildman–Crippen MR) is 81.3 cm³/mol. The first-order valence-corrected chi connectivity index (χ1v) is 7.25. The lowest BCUT2D eigenvalue weighted by Crippen LogP contribution is -2.28. The first-order chi connectivity index (χ1) is 8.77. The summed E-state index contributed by atoms with van der Waals surface area (Å²) in [6, 6.07) is 11.4. The van der Waals surface area contributed by atoms with Gasteiger partial charge in [0.15, 0.2) is 0 Å². The van der Waals surface area contributed by atoms with E-state index in [1.54, 1.807) is 0 Å². The monoisotopic (exact) mass is 248 g/mol. The standard InChI is InChI=1S/C16H28N2/c1-4-5-13-18(14-9-10-15(2)17-3)16-11-7-6-8-12-16/h6-8,11-12,15,17H,4-5,9-10,13-14H2,1-3H3. The van der Waals surface area contributed by atoms with E-state index in [9.17, 15) is 0 Å². The third kappa shape index (κ3) is 5.54. The number of hydrogen-bond acceptors (Lipinski definition) is 2. The van der Waals surface area contributed by atoms with Gasteiger partial charge in [0.1, 0.15) is 0 Å². The van der Waals surface area contributed by atoms with Crippen LogP contribution in [0, 0.1) is 0 Å². The van der Waals surface area contributed by atoms with Crippen molar-refractivity contribution in [3.05, 3.63) is 30.3 Å². The summed E-state index contributed by atoms with van der Waals surface area (Å²) in [6.45, 7) is 6.84. The average molecular weight is 248 g/mol. The number of rotatable bonds is 9. The van der Waals surface area contributed by atoms with Crippen molar-refractivity contribution >= 4 is 5.69 Å². The summed E-state index contributed by atoms with van der Waals surface area (Å²) < 4.78 is 0. The van der Waals surface area contributed by atoms with Crippen LogP contribution in [0.15, 0.2) is 30.3 Å². The highest BCUT2D eigenvalue weighted by molar-refractivity contribution is 5.45. The Morgan fingerprint density at radius 2 is 1.78 bits per heavy atom. The highest BCUT2D eigenvalue weighted by Crippen LogP contribution is 2.15. The Kier molecular flexibility index (Phi) is 7.51. The topological polar surface area (TPSA) is 15.3 Å². The van der Waals surface area contributed by atoms with Gasteiger partial charge in [-0.15, -0.1) is 0 Å². The molecule has 0 fully saturated rings. The van der Waals surface area contributed by atoms with E-state index in [1.807, 2.05) is 7.05 Å². The summed E-state index contributed by atoms with van der Waals surface area (Å²) in [4.78, 5) is 2.52. The van der Waals surface area contributed by atoms with Crippen molar-refractivity contribution in [2.75, 3.05) is 25.0 Å². The second-order valence-corrected chi connectivity index (χ2v) is 5.01. The molecule has 0 amide bonds. The lowest BCUT2D eigenvalue weighted by atomic mass is 10.1. The van der Waals surface area contributed by atoms with E-state index in [2.05, 4.69) is 54.4 Å². The van der Waals surface area contributed by atoms with E-state index in [0.29, 0.717) is 6.04 Å². The number of hydrogen-bond donors (Lipinski definition) is 1. The normalized spacial score (nSPS) is 12.4. The zero-order valence-corrected chi connectivity index (χ0v) is 12.2. The molecule has 1 atom stereocenters. The third-order valence-electron chi connectivity index (χ3n) is 3.46. The second-order valence-electron chi connectivity index (χ2n) is 5.01. The van der Waals surface area contributed by atoms with Crippen molar-refractivity contribution in [2.24, 2.45) is 0 Å². The number of benzene rings is 1. The Morgan fingerprint density at radius 1 is 1.11 bits per heavy atom. The molecule has 0 spiro atoms. The number of anilines is 1. The zero-order chi connectivity index (χ0) is 13.2. The molecule has 18 heavy (non-hydrogen) atoms. The summed E-state index contributed by atoms with van der Waals surface area (Å²) in [5.41, 5.74) is 1.36. The minimum atomic E-state index is 0.619. The van der Waals surface area contributed by atoms with Crippen molar-refractivity contribution in [1.29, 1.82) is 0 Å². The molecule has 1 rings (SSSR count). The minimum Gasteiger partial charge on any atom is -0.372 e. The molecular formula is C16H28N2. The van der Waals surface area contributed by atoms with Crippen molar-refractivity contribution < 1.29 is 0 Å². The van der Waals surface area contributed by atoms with Crippen LogP contribution in [0.1, 0.15) is 39.5 Å². The Balaban J connectivity index is 2.46. The van der Waals surface area contributed by atoms with E-state index in [1.165, 1.54) is 37.9 Å². The Bertz CT molecular complexity index is 297. The molecule has 2 heteroatoms. The molecule has 0 aliphatic rings. The van der Waals surface area contributed by atoms with Gasteiger partial charge in [0.2, 0.25) is 0 Å². The van der Waals surface area contributed by atoms with Gasteiger partial charge < -0.3 is 10.2 Å². The lowest BCUT2D eigenvalue weighted by Gasteiger charge is -2.25. The largest absolute Gasteiger partial charge is 0.372 e. The molecule has 1 aromatic rings. The van der Waals surface area contributed by atoms with Gasteiger partial charge in [-0.3, -0.25) is 0 Å². The summed E-state index contributed by atoms with van der Waals surface area (Å²) >= 11 is 0. The molecule has 0 heterocycles. The first kappa shape index (κ1) is 15.0.